The van der Waals surface area contributed by atoms with E-state index in [1.807, 2.05) is 0 Å². The Bertz CT molecular complexity index is 225. The first-order valence-electron chi connectivity index (χ1n) is 6.03. The number of amides is 1. The Labute approximate surface area is 105 Å². The second kappa shape index (κ2) is 6.45. The van der Waals surface area contributed by atoms with Crippen LogP contribution in [0, 0.1) is 11.8 Å². The third kappa shape index (κ3) is 3.95. The first-order chi connectivity index (χ1) is 6.96. The SMILES string of the molecule is CC(C)C(C)CNC(=O)C1(N)CCCC1.Cl. The predicted molar refractivity (Wildman–Crippen MR) is 69.6 cm³/mol. The standard InChI is InChI=1S/C12H24N2O.ClH/c1-9(2)10(3)8-14-11(15)12(13)6-4-5-7-12;/h9-10H,4-8,13H2,1-3H3,(H,14,15);1H. The van der Waals surface area contributed by atoms with E-state index in [9.17, 15) is 4.79 Å². The Morgan fingerprint density at radius 3 is 2.25 bits per heavy atom. The summed E-state index contributed by atoms with van der Waals surface area (Å²) in [6, 6.07) is 0. The van der Waals surface area contributed by atoms with Gasteiger partial charge in [-0.1, -0.05) is 33.6 Å². The molecule has 0 bridgehead atoms. The molecule has 1 rings (SSSR count). The zero-order valence-corrected chi connectivity index (χ0v) is 11.4. The molecule has 0 aromatic rings. The second-order valence-electron chi connectivity index (χ2n) is 5.29. The van der Waals surface area contributed by atoms with Gasteiger partial charge in [0.1, 0.15) is 0 Å². The lowest BCUT2D eigenvalue weighted by molar-refractivity contribution is -0.126. The van der Waals surface area contributed by atoms with Gasteiger partial charge < -0.3 is 11.1 Å². The average Bonchev–Trinajstić information content (AvgIpc) is 2.62. The number of halogens is 1. The highest BCUT2D eigenvalue weighted by Crippen LogP contribution is 2.27. The highest BCUT2D eigenvalue weighted by molar-refractivity contribution is 5.86. The molecule has 0 saturated heterocycles. The lowest BCUT2D eigenvalue weighted by Gasteiger charge is -2.24. The van der Waals surface area contributed by atoms with Gasteiger partial charge in [-0.25, -0.2) is 0 Å². The molecule has 1 aliphatic rings. The van der Waals surface area contributed by atoms with Crippen molar-refractivity contribution in [1.29, 1.82) is 0 Å². The van der Waals surface area contributed by atoms with Crippen LogP contribution in [0.3, 0.4) is 0 Å². The minimum absolute atomic E-state index is 0. The molecule has 0 aliphatic heterocycles. The minimum atomic E-state index is -0.573. The molecule has 0 spiro atoms. The molecule has 1 amide bonds. The molecular weight excluding hydrogens is 224 g/mol. The molecular formula is C12H25ClN2O. The Kier molecular flexibility index (Phi) is 6.34. The molecule has 16 heavy (non-hydrogen) atoms. The molecule has 0 aromatic heterocycles. The van der Waals surface area contributed by atoms with Crippen molar-refractivity contribution in [2.24, 2.45) is 17.6 Å². The zero-order chi connectivity index (χ0) is 11.5. The lowest BCUT2D eigenvalue weighted by atomic mass is 9.95. The lowest BCUT2D eigenvalue weighted by Crippen LogP contribution is -2.52. The Morgan fingerprint density at radius 1 is 1.31 bits per heavy atom. The molecule has 0 aromatic carbocycles. The van der Waals surface area contributed by atoms with Gasteiger partial charge in [0.05, 0.1) is 5.54 Å². The van der Waals surface area contributed by atoms with Gasteiger partial charge in [0.2, 0.25) is 5.91 Å². The van der Waals surface area contributed by atoms with Crippen LogP contribution in [0.25, 0.3) is 0 Å². The zero-order valence-electron chi connectivity index (χ0n) is 10.6. The van der Waals surface area contributed by atoms with Crippen molar-refractivity contribution in [3.8, 4) is 0 Å². The van der Waals surface area contributed by atoms with Crippen molar-refractivity contribution >= 4 is 18.3 Å². The smallest absolute Gasteiger partial charge is 0.240 e. The van der Waals surface area contributed by atoms with E-state index in [0.29, 0.717) is 11.8 Å². The second-order valence-corrected chi connectivity index (χ2v) is 5.29. The first kappa shape index (κ1) is 15.7. The molecule has 3 nitrogen and oxygen atoms in total. The monoisotopic (exact) mass is 248 g/mol. The van der Waals surface area contributed by atoms with E-state index >= 15 is 0 Å². The van der Waals surface area contributed by atoms with Crippen molar-refractivity contribution < 1.29 is 4.79 Å². The van der Waals surface area contributed by atoms with Crippen LogP contribution in [0.2, 0.25) is 0 Å². The van der Waals surface area contributed by atoms with Gasteiger partial charge in [-0.3, -0.25) is 4.79 Å². The third-order valence-corrected chi connectivity index (χ3v) is 3.67. The van der Waals surface area contributed by atoms with Crippen LogP contribution in [0.1, 0.15) is 46.5 Å². The summed E-state index contributed by atoms with van der Waals surface area (Å²) in [6.45, 7) is 7.24. The number of rotatable bonds is 4. The van der Waals surface area contributed by atoms with Crippen LogP contribution in [-0.2, 0) is 4.79 Å². The van der Waals surface area contributed by atoms with E-state index in [1.165, 1.54) is 0 Å². The van der Waals surface area contributed by atoms with Crippen LogP contribution in [-0.4, -0.2) is 18.0 Å². The van der Waals surface area contributed by atoms with Crippen LogP contribution in [0.15, 0.2) is 0 Å². The summed E-state index contributed by atoms with van der Waals surface area (Å²) in [7, 11) is 0. The van der Waals surface area contributed by atoms with Gasteiger partial charge in [-0.05, 0) is 24.7 Å². The van der Waals surface area contributed by atoms with Gasteiger partial charge in [-0.15, -0.1) is 12.4 Å². The Morgan fingerprint density at radius 2 is 1.81 bits per heavy atom. The van der Waals surface area contributed by atoms with Crippen LogP contribution < -0.4 is 11.1 Å². The van der Waals surface area contributed by atoms with Crippen molar-refractivity contribution in [1.82, 2.24) is 5.32 Å². The number of carbonyl (C=O) groups is 1. The fraction of sp³-hybridized carbons (Fsp3) is 0.917. The molecule has 96 valence electrons. The fourth-order valence-electron chi connectivity index (χ4n) is 1.90. The van der Waals surface area contributed by atoms with Crippen molar-refractivity contribution in [3.05, 3.63) is 0 Å². The van der Waals surface area contributed by atoms with Crippen LogP contribution >= 0.6 is 12.4 Å². The average molecular weight is 249 g/mol. The van der Waals surface area contributed by atoms with Gasteiger partial charge in [0.25, 0.3) is 0 Å². The summed E-state index contributed by atoms with van der Waals surface area (Å²) >= 11 is 0. The van der Waals surface area contributed by atoms with Crippen molar-refractivity contribution in [3.63, 3.8) is 0 Å². The van der Waals surface area contributed by atoms with E-state index in [1.54, 1.807) is 0 Å². The number of nitrogens with two attached hydrogens (primary N) is 1. The van der Waals surface area contributed by atoms with Crippen LogP contribution in [0.4, 0.5) is 0 Å². The molecule has 4 heteroatoms. The van der Waals surface area contributed by atoms with Gasteiger partial charge in [0.15, 0.2) is 0 Å². The predicted octanol–water partition coefficient (Wildman–Crippen LogP) is 2.09. The van der Waals surface area contributed by atoms with Crippen molar-refractivity contribution in [2.75, 3.05) is 6.54 Å². The largest absolute Gasteiger partial charge is 0.354 e. The van der Waals surface area contributed by atoms with E-state index in [-0.39, 0.29) is 18.3 Å². The third-order valence-electron chi connectivity index (χ3n) is 3.67. The maximum absolute atomic E-state index is 11.9. The minimum Gasteiger partial charge on any atom is -0.354 e. The maximum Gasteiger partial charge on any atom is 0.240 e. The molecule has 1 aliphatic carbocycles. The number of nitrogens with one attached hydrogen (secondary N) is 1. The summed E-state index contributed by atoms with van der Waals surface area (Å²) in [5.74, 6) is 1.16. The molecule has 1 saturated carbocycles. The van der Waals surface area contributed by atoms with Crippen molar-refractivity contribution in [2.45, 2.75) is 52.0 Å². The molecule has 1 fully saturated rings. The molecule has 1 atom stereocenters. The van der Waals surface area contributed by atoms with E-state index in [2.05, 4.69) is 26.1 Å². The molecule has 0 radical (unpaired) electrons. The molecule has 0 heterocycles. The van der Waals surface area contributed by atoms with Gasteiger partial charge >= 0.3 is 0 Å². The van der Waals surface area contributed by atoms with E-state index in [0.717, 1.165) is 32.2 Å². The number of hydrogen-bond acceptors (Lipinski definition) is 2. The van der Waals surface area contributed by atoms with Gasteiger partial charge in [-0.2, -0.15) is 0 Å². The fourth-order valence-corrected chi connectivity index (χ4v) is 1.90. The van der Waals surface area contributed by atoms with E-state index < -0.39 is 5.54 Å². The number of hydrogen-bond donors (Lipinski definition) is 2. The summed E-state index contributed by atoms with van der Waals surface area (Å²) in [6.07, 6.45) is 3.86. The van der Waals surface area contributed by atoms with Gasteiger partial charge in [0, 0.05) is 6.54 Å². The number of carbonyl (C=O) groups excluding carboxylic acids is 1. The van der Waals surface area contributed by atoms with Crippen LogP contribution in [0.5, 0.6) is 0 Å². The van der Waals surface area contributed by atoms with E-state index in [4.69, 9.17) is 5.73 Å². The quantitative estimate of drug-likeness (QED) is 0.801. The topological polar surface area (TPSA) is 55.1 Å². The molecule has 3 N–H and O–H groups in total. The highest BCUT2D eigenvalue weighted by Gasteiger charge is 2.36. The Balaban J connectivity index is 0.00000225. The summed E-state index contributed by atoms with van der Waals surface area (Å²) in [5, 5.41) is 2.98. The first-order valence-corrected chi connectivity index (χ1v) is 6.03. The summed E-state index contributed by atoms with van der Waals surface area (Å²) < 4.78 is 0. The highest BCUT2D eigenvalue weighted by atomic mass is 35.5. The maximum atomic E-state index is 11.9. The summed E-state index contributed by atoms with van der Waals surface area (Å²) in [5.41, 5.74) is 5.48. The summed E-state index contributed by atoms with van der Waals surface area (Å²) in [4.78, 5) is 11.9. The molecule has 1 unspecified atom stereocenters. The normalized spacial score (nSPS) is 20.3. The Hall–Kier alpha value is -0.280.